The fourth-order valence-corrected chi connectivity index (χ4v) is 2.75. The third kappa shape index (κ3) is 4.50. The van der Waals surface area contributed by atoms with Crippen LogP contribution >= 0.6 is 0 Å². The molecule has 1 rings (SSSR count). The fourth-order valence-electron chi connectivity index (χ4n) is 2.75. The quantitative estimate of drug-likeness (QED) is 0.305. The van der Waals surface area contributed by atoms with Crippen LogP contribution in [0.2, 0.25) is 0 Å². The smallest absolute Gasteiger partial charge is 0.460 e. The number of alkyl halides is 11. The van der Waals surface area contributed by atoms with E-state index in [1.54, 1.807) is 0 Å². The first-order chi connectivity index (χ1) is 14.2. The number of esters is 1. The molecule has 0 radical (unpaired) electrons. The van der Waals surface area contributed by atoms with Gasteiger partial charge < -0.3 is 9.47 Å². The van der Waals surface area contributed by atoms with E-state index in [9.17, 15) is 53.1 Å². The third-order valence-electron chi connectivity index (χ3n) is 4.61. The minimum absolute atomic E-state index is 0.205. The van der Waals surface area contributed by atoms with Crippen molar-refractivity contribution in [2.45, 2.75) is 55.7 Å². The standard InChI is InChI=1S/C18H17F11O3/c1-4-32-12(30)10-7-5-6-8-11(10)13(2,31-3)9-14(19,20)15(21,22)16(23,24)17(25,26)18(27,28)29/h5-8H,4,9H2,1-3H3. The zero-order valence-electron chi connectivity index (χ0n) is 16.6. The summed E-state index contributed by atoms with van der Waals surface area (Å²) in [6.45, 7) is 1.80. The number of hydrogen-bond donors (Lipinski definition) is 0. The van der Waals surface area contributed by atoms with E-state index in [1.807, 2.05) is 0 Å². The van der Waals surface area contributed by atoms with Crippen molar-refractivity contribution >= 4 is 5.97 Å². The summed E-state index contributed by atoms with van der Waals surface area (Å²) in [4.78, 5) is 12.0. The second-order valence-corrected chi connectivity index (χ2v) is 6.80. The molecule has 0 spiro atoms. The summed E-state index contributed by atoms with van der Waals surface area (Å²) in [6.07, 6.45) is -9.75. The highest BCUT2D eigenvalue weighted by atomic mass is 19.4. The number of hydrogen-bond acceptors (Lipinski definition) is 3. The molecule has 0 amide bonds. The molecule has 0 fully saturated rings. The van der Waals surface area contributed by atoms with Crippen molar-refractivity contribution in [3.8, 4) is 0 Å². The first-order valence-electron chi connectivity index (χ1n) is 8.63. The van der Waals surface area contributed by atoms with Crippen LogP contribution in [0, 0.1) is 0 Å². The summed E-state index contributed by atoms with van der Waals surface area (Å²) in [5, 5.41) is 0. The van der Waals surface area contributed by atoms with Gasteiger partial charge in [-0.1, -0.05) is 18.2 Å². The van der Waals surface area contributed by atoms with Crippen LogP contribution in [0.15, 0.2) is 24.3 Å². The monoisotopic (exact) mass is 490 g/mol. The molecule has 1 unspecified atom stereocenters. The van der Waals surface area contributed by atoms with Gasteiger partial charge in [-0.25, -0.2) is 4.79 Å². The molecule has 0 saturated carbocycles. The third-order valence-corrected chi connectivity index (χ3v) is 4.61. The molecule has 1 atom stereocenters. The van der Waals surface area contributed by atoms with Crippen molar-refractivity contribution in [2.24, 2.45) is 0 Å². The van der Waals surface area contributed by atoms with Crippen molar-refractivity contribution in [1.29, 1.82) is 0 Å². The van der Waals surface area contributed by atoms with Gasteiger partial charge in [-0.3, -0.25) is 0 Å². The minimum Gasteiger partial charge on any atom is -0.462 e. The Bertz CT molecular complexity index is 821. The summed E-state index contributed by atoms with van der Waals surface area (Å²) in [7, 11) is 0.651. The van der Waals surface area contributed by atoms with Gasteiger partial charge in [0.1, 0.15) is 0 Å². The molecule has 0 heterocycles. The first-order valence-corrected chi connectivity index (χ1v) is 8.63. The molecule has 0 aliphatic carbocycles. The average molecular weight is 490 g/mol. The van der Waals surface area contributed by atoms with Crippen LogP contribution in [-0.2, 0) is 15.1 Å². The van der Waals surface area contributed by atoms with Gasteiger partial charge in [-0.15, -0.1) is 0 Å². The number of benzene rings is 1. The molecular formula is C18H17F11O3. The zero-order chi connectivity index (χ0) is 25.4. The van der Waals surface area contributed by atoms with Gasteiger partial charge in [0.2, 0.25) is 0 Å². The van der Waals surface area contributed by atoms with Gasteiger partial charge in [-0.05, 0) is 25.5 Å². The maximum Gasteiger partial charge on any atom is 0.460 e. The molecule has 0 aliphatic heterocycles. The number of ether oxygens (including phenoxy) is 2. The number of halogens is 11. The number of rotatable bonds is 9. The first kappa shape index (κ1) is 27.9. The van der Waals surface area contributed by atoms with Crippen LogP contribution in [0.3, 0.4) is 0 Å². The van der Waals surface area contributed by atoms with Crippen molar-refractivity contribution in [2.75, 3.05) is 13.7 Å². The van der Waals surface area contributed by atoms with E-state index >= 15 is 0 Å². The van der Waals surface area contributed by atoms with Crippen LogP contribution in [-0.4, -0.2) is 49.6 Å². The lowest BCUT2D eigenvalue weighted by molar-refractivity contribution is -0.424. The van der Waals surface area contributed by atoms with E-state index in [-0.39, 0.29) is 6.61 Å². The van der Waals surface area contributed by atoms with E-state index in [1.165, 1.54) is 13.0 Å². The van der Waals surface area contributed by atoms with Crippen LogP contribution in [0.4, 0.5) is 48.3 Å². The van der Waals surface area contributed by atoms with E-state index in [2.05, 4.69) is 4.74 Å². The van der Waals surface area contributed by atoms with Crippen LogP contribution in [0.25, 0.3) is 0 Å². The second kappa shape index (κ2) is 8.67. The molecule has 0 aromatic heterocycles. The SMILES string of the molecule is CCOC(=O)c1ccccc1C(C)(CC(F)(F)C(F)(F)C(F)(F)C(F)(F)C(F)(F)F)OC. The maximum atomic E-state index is 14.3. The van der Waals surface area contributed by atoms with Crippen molar-refractivity contribution in [3.05, 3.63) is 35.4 Å². The Hall–Kier alpha value is -2.12. The Morgan fingerprint density at radius 1 is 0.844 bits per heavy atom. The summed E-state index contributed by atoms with van der Waals surface area (Å²) >= 11 is 0. The van der Waals surface area contributed by atoms with E-state index in [0.29, 0.717) is 14.0 Å². The van der Waals surface area contributed by atoms with Crippen molar-refractivity contribution in [3.63, 3.8) is 0 Å². The van der Waals surface area contributed by atoms with Gasteiger partial charge in [0.25, 0.3) is 0 Å². The van der Waals surface area contributed by atoms with Crippen LogP contribution < -0.4 is 0 Å². The number of methoxy groups -OCH3 is 1. The number of carbonyl (C=O) groups is 1. The minimum atomic E-state index is -7.53. The molecule has 184 valence electrons. The van der Waals surface area contributed by atoms with Crippen molar-refractivity contribution < 1.29 is 62.6 Å². The zero-order valence-corrected chi connectivity index (χ0v) is 16.6. The lowest BCUT2D eigenvalue weighted by Gasteiger charge is -2.40. The highest BCUT2D eigenvalue weighted by Gasteiger charge is 2.87. The highest BCUT2D eigenvalue weighted by Crippen LogP contribution is 2.59. The normalized spacial score (nSPS) is 15.9. The largest absolute Gasteiger partial charge is 0.462 e. The topological polar surface area (TPSA) is 35.5 Å². The Morgan fingerprint density at radius 3 is 1.78 bits per heavy atom. The lowest BCUT2D eigenvalue weighted by Crippen LogP contribution is -2.67. The van der Waals surface area contributed by atoms with Gasteiger partial charge >= 0.3 is 35.8 Å². The molecular weight excluding hydrogens is 473 g/mol. The van der Waals surface area contributed by atoms with Gasteiger partial charge in [0, 0.05) is 7.11 Å². The van der Waals surface area contributed by atoms with Crippen molar-refractivity contribution in [1.82, 2.24) is 0 Å². The van der Waals surface area contributed by atoms with E-state index < -0.39 is 59.0 Å². The molecule has 0 aliphatic rings. The predicted octanol–water partition coefficient (Wildman–Crippen LogP) is 6.22. The highest BCUT2D eigenvalue weighted by molar-refractivity contribution is 5.91. The van der Waals surface area contributed by atoms with Gasteiger partial charge in [-0.2, -0.15) is 48.3 Å². The van der Waals surface area contributed by atoms with Crippen LogP contribution in [0.5, 0.6) is 0 Å². The molecule has 32 heavy (non-hydrogen) atoms. The molecule has 3 nitrogen and oxygen atoms in total. The second-order valence-electron chi connectivity index (χ2n) is 6.80. The average Bonchev–Trinajstić information content (AvgIpc) is 2.66. The molecule has 0 bridgehead atoms. The Morgan fingerprint density at radius 2 is 1.34 bits per heavy atom. The predicted molar refractivity (Wildman–Crippen MR) is 87.2 cm³/mol. The summed E-state index contributed by atoms with van der Waals surface area (Å²) in [6, 6.07) is 4.23. The van der Waals surface area contributed by atoms with Crippen LogP contribution in [0.1, 0.15) is 36.2 Å². The van der Waals surface area contributed by atoms with E-state index in [0.717, 1.165) is 18.2 Å². The lowest BCUT2D eigenvalue weighted by atomic mass is 9.83. The Balaban J connectivity index is 3.55. The summed E-state index contributed by atoms with van der Waals surface area (Å²) < 4.78 is 156. The fraction of sp³-hybridized carbons (Fsp3) is 0.611. The molecule has 1 aromatic rings. The summed E-state index contributed by atoms with van der Waals surface area (Å²) in [5.74, 6) is -29.5. The molecule has 1 aromatic carbocycles. The summed E-state index contributed by atoms with van der Waals surface area (Å²) in [5.41, 5.74) is -3.81. The number of carbonyl (C=O) groups excluding carboxylic acids is 1. The van der Waals surface area contributed by atoms with E-state index in [4.69, 9.17) is 4.74 Å². The van der Waals surface area contributed by atoms with Gasteiger partial charge in [0.15, 0.2) is 0 Å². The van der Waals surface area contributed by atoms with Gasteiger partial charge in [0.05, 0.1) is 24.2 Å². The molecule has 14 heteroatoms. The maximum absolute atomic E-state index is 14.3. The Labute approximate surface area is 174 Å². The molecule has 0 saturated heterocycles. The Kier molecular flexibility index (Phi) is 7.56. The molecule has 0 N–H and O–H groups in total.